The van der Waals surface area contributed by atoms with Gasteiger partial charge in [0.2, 0.25) is 0 Å². The zero-order valence-corrected chi connectivity index (χ0v) is 14.4. The maximum absolute atomic E-state index is 6.37. The molecule has 0 saturated heterocycles. The van der Waals surface area contributed by atoms with Crippen LogP contribution in [0.4, 0.5) is 0 Å². The Morgan fingerprint density at radius 1 is 1.27 bits per heavy atom. The van der Waals surface area contributed by atoms with Crippen LogP contribution in [0.25, 0.3) is 11.6 Å². The smallest absolute Gasteiger partial charge is 0.278 e. The molecule has 0 unspecified atom stereocenters. The molecule has 122 valence electrons. The van der Waals surface area contributed by atoms with Crippen LogP contribution in [-0.2, 0) is 11.1 Å². The molecule has 2 heterocycles. The van der Waals surface area contributed by atoms with E-state index in [-0.39, 0.29) is 17.9 Å². The van der Waals surface area contributed by atoms with Crippen molar-refractivity contribution in [1.29, 1.82) is 0 Å². The van der Waals surface area contributed by atoms with Crippen molar-refractivity contribution in [3.05, 3.63) is 17.6 Å². The zero-order chi connectivity index (χ0) is 15.3. The van der Waals surface area contributed by atoms with Gasteiger partial charge < -0.3 is 10.3 Å². The van der Waals surface area contributed by atoms with Crippen LogP contribution in [0.15, 0.2) is 10.6 Å². The van der Waals surface area contributed by atoms with E-state index in [1.54, 1.807) is 0 Å². The van der Waals surface area contributed by atoms with Crippen LogP contribution in [0, 0.1) is 6.92 Å². The molecule has 1 aliphatic rings. The van der Waals surface area contributed by atoms with Gasteiger partial charge in [-0.3, -0.25) is 4.68 Å². The number of aryl methyl sites for hydroxylation is 1. The summed E-state index contributed by atoms with van der Waals surface area (Å²) in [7, 11) is 0. The van der Waals surface area contributed by atoms with E-state index in [9.17, 15) is 0 Å². The molecule has 0 aliphatic heterocycles. The van der Waals surface area contributed by atoms with Crippen molar-refractivity contribution in [2.24, 2.45) is 5.73 Å². The third-order valence-corrected chi connectivity index (χ3v) is 4.11. The maximum Gasteiger partial charge on any atom is 0.278 e. The lowest BCUT2D eigenvalue weighted by molar-refractivity contribution is 0.346. The third-order valence-electron chi connectivity index (χ3n) is 4.11. The Morgan fingerprint density at radius 2 is 1.91 bits per heavy atom. The lowest BCUT2D eigenvalue weighted by Crippen LogP contribution is -2.34. The van der Waals surface area contributed by atoms with Crippen LogP contribution in [-0.4, -0.2) is 19.9 Å². The lowest BCUT2D eigenvalue weighted by atomic mass is 9.99. The van der Waals surface area contributed by atoms with E-state index < -0.39 is 5.54 Å². The largest absolute Gasteiger partial charge is 0.332 e. The number of nitrogens with zero attached hydrogens (tertiary/aromatic N) is 4. The van der Waals surface area contributed by atoms with Crippen LogP contribution in [0.1, 0.15) is 58.0 Å². The van der Waals surface area contributed by atoms with Gasteiger partial charge in [-0.2, -0.15) is 10.1 Å². The summed E-state index contributed by atoms with van der Waals surface area (Å²) in [5, 5.41) is 8.68. The fourth-order valence-corrected chi connectivity index (χ4v) is 3.02. The van der Waals surface area contributed by atoms with E-state index in [1.807, 2.05) is 17.7 Å². The highest BCUT2D eigenvalue weighted by Gasteiger charge is 2.36. The predicted molar refractivity (Wildman–Crippen MR) is 86.8 cm³/mol. The summed E-state index contributed by atoms with van der Waals surface area (Å²) < 4.78 is 7.36. The molecular weight excluding hydrogens is 302 g/mol. The van der Waals surface area contributed by atoms with Crippen molar-refractivity contribution in [1.82, 2.24) is 19.9 Å². The van der Waals surface area contributed by atoms with Crippen molar-refractivity contribution < 1.29 is 4.52 Å². The molecule has 0 bridgehead atoms. The third kappa shape index (κ3) is 2.90. The van der Waals surface area contributed by atoms with E-state index in [0.29, 0.717) is 17.4 Å². The van der Waals surface area contributed by atoms with Crippen molar-refractivity contribution in [2.75, 3.05) is 0 Å². The molecule has 2 aromatic heterocycles. The first-order valence-corrected chi connectivity index (χ1v) is 7.50. The van der Waals surface area contributed by atoms with Gasteiger partial charge in [0.05, 0.1) is 11.1 Å². The van der Waals surface area contributed by atoms with Crippen molar-refractivity contribution >= 4 is 12.4 Å². The molecule has 0 atom stereocenters. The SMILES string of the molecule is Cc1cc(-c2nc(C3(N)CCCC3)no2)nn1C(C)(C)C.Cl. The second kappa shape index (κ2) is 5.66. The summed E-state index contributed by atoms with van der Waals surface area (Å²) in [6.07, 6.45) is 4.08. The van der Waals surface area contributed by atoms with Gasteiger partial charge in [0.15, 0.2) is 11.5 Å². The van der Waals surface area contributed by atoms with Gasteiger partial charge in [-0.1, -0.05) is 18.0 Å². The summed E-state index contributed by atoms with van der Waals surface area (Å²) in [6, 6.07) is 1.97. The molecule has 22 heavy (non-hydrogen) atoms. The Labute approximate surface area is 136 Å². The summed E-state index contributed by atoms with van der Waals surface area (Å²) in [4.78, 5) is 4.49. The minimum Gasteiger partial charge on any atom is -0.332 e. The Morgan fingerprint density at radius 3 is 2.45 bits per heavy atom. The van der Waals surface area contributed by atoms with Gasteiger partial charge in [-0.25, -0.2) is 0 Å². The highest BCUT2D eigenvalue weighted by Crippen LogP contribution is 2.35. The molecule has 1 fully saturated rings. The Bertz CT molecular complexity index is 649. The van der Waals surface area contributed by atoms with Crippen molar-refractivity contribution in [3.63, 3.8) is 0 Å². The highest BCUT2D eigenvalue weighted by atomic mass is 35.5. The predicted octanol–water partition coefficient (Wildman–Crippen LogP) is 3.15. The molecule has 2 N–H and O–H groups in total. The second-order valence-corrected chi connectivity index (χ2v) is 7.04. The molecule has 0 amide bonds. The quantitative estimate of drug-likeness (QED) is 0.917. The Kier molecular flexibility index (Phi) is 4.37. The van der Waals surface area contributed by atoms with Crippen LogP contribution < -0.4 is 5.73 Å². The normalized spacial score (nSPS) is 17.5. The Hall–Kier alpha value is -1.40. The van der Waals surface area contributed by atoms with E-state index in [0.717, 1.165) is 31.4 Å². The molecule has 1 aliphatic carbocycles. The lowest BCUT2D eigenvalue weighted by Gasteiger charge is -2.20. The topological polar surface area (TPSA) is 82.8 Å². The van der Waals surface area contributed by atoms with E-state index in [1.165, 1.54) is 0 Å². The molecule has 0 spiro atoms. The van der Waals surface area contributed by atoms with Gasteiger partial charge in [0.1, 0.15) is 0 Å². The second-order valence-electron chi connectivity index (χ2n) is 7.04. The van der Waals surface area contributed by atoms with E-state index in [4.69, 9.17) is 10.3 Å². The average molecular weight is 326 g/mol. The van der Waals surface area contributed by atoms with Crippen molar-refractivity contribution in [3.8, 4) is 11.6 Å². The maximum atomic E-state index is 6.37. The van der Waals surface area contributed by atoms with E-state index >= 15 is 0 Å². The molecule has 7 heteroatoms. The fraction of sp³-hybridized carbons (Fsp3) is 0.667. The average Bonchev–Trinajstić information content (AvgIpc) is 3.05. The number of hydrogen-bond donors (Lipinski definition) is 1. The van der Waals surface area contributed by atoms with Gasteiger partial charge in [-0.15, -0.1) is 12.4 Å². The summed E-state index contributed by atoms with van der Waals surface area (Å²) in [6.45, 7) is 8.37. The first-order chi connectivity index (χ1) is 9.79. The monoisotopic (exact) mass is 325 g/mol. The first kappa shape index (κ1) is 17.0. The number of rotatable bonds is 2. The molecule has 0 aromatic carbocycles. The Balaban J connectivity index is 0.00000176. The van der Waals surface area contributed by atoms with Gasteiger partial charge in [0.25, 0.3) is 5.89 Å². The number of hydrogen-bond acceptors (Lipinski definition) is 5. The summed E-state index contributed by atoms with van der Waals surface area (Å²) >= 11 is 0. The molecular formula is C15H24ClN5O. The molecule has 0 radical (unpaired) electrons. The van der Waals surface area contributed by atoms with Crippen LogP contribution in [0.2, 0.25) is 0 Å². The molecule has 3 rings (SSSR count). The highest BCUT2D eigenvalue weighted by molar-refractivity contribution is 5.85. The van der Waals surface area contributed by atoms with E-state index in [2.05, 4.69) is 36.0 Å². The van der Waals surface area contributed by atoms with Gasteiger partial charge in [-0.05, 0) is 46.6 Å². The number of halogens is 1. The molecule has 1 saturated carbocycles. The summed E-state index contributed by atoms with van der Waals surface area (Å²) in [5.74, 6) is 1.06. The minimum atomic E-state index is -0.427. The first-order valence-electron chi connectivity index (χ1n) is 7.50. The minimum absolute atomic E-state index is 0. The zero-order valence-electron chi connectivity index (χ0n) is 13.6. The fourth-order valence-electron chi connectivity index (χ4n) is 3.02. The van der Waals surface area contributed by atoms with Crippen molar-refractivity contribution in [2.45, 2.75) is 64.5 Å². The molecule has 2 aromatic rings. The van der Waals surface area contributed by atoms with Gasteiger partial charge >= 0.3 is 0 Å². The van der Waals surface area contributed by atoms with Gasteiger partial charge in [0, 0.05) is 5.69 Å². The standard InChI is InChI=1S/C15H23N5O.ClH/c1-10-9-11(18-20(10)14(2,3)4)12-17-13(19-21-12)15(16)7-5-6-8-15;/h9H,5-8,16H2,1-4H3;1H. The van der Waals surface area contributed by atoms with Crippen LogP contribution in [0.3, 0.4) is 0 Å². The number of aromatic nitrogens is 4. The van der Waals surface area contributed by atoms with Crippen LogP contribution in [0.5, 0.6) is 0 Å². The summed E-state index contributed by atoms with van der Waals surface area (Å²) in [5.41, 5.74) is 7.64. The van der Waals surface area contributed by atoms with Crippen LogP contribution >= 0.6 is 12.4 Å². The number of nitrogens with two attached hydrogens (primary N) is 1. The molecule has 6 nitrogen and oxygen atoms in total.